The second-order valence-electron chi connectivity index (χ2n) is 8.03. The molecule has 1 saturated heterocycles. The van der Waals surface area contributed by atoms with Crippen LogP contribution in [0.25, 0.3) is 0 Å². The van der Waals surface area contributed by atoms with Crippen LogP contribution in [-0.2, 0) is 18.8 Å². The fourth-order valence-electron chi connectivity index (χ4n) is 2.21. The molecule has 24 heavy (non-hydrogen) atoms. The zero-order chi connectivity index (χ0) is 18.2. The lowest BCUT2D eigenvalue weighted by atomic mass is 9.79. The number of rotatable bonds is 4. The standard InChI is InChI=1S/C18H27BO5/c1-16(2,3)22-15(20)12-21-14-10-8-13(9-11-14)19-23-17(4,5)18(6,7)24-19/h8-11H,12H2,1-7H3. The van der Waals surface area contributed by atoms with Crippen LogP contribution >= 0.6 is 0 Å². The lowest BCUT2D eigenvalue weighted by Gasteiger charge is -2.32. The van der Waals surface area contributed by atoms with Gasteiger partial charge in [0.05, 0.1) is 11.2 Å². The average molecular weight is 334 g/mol. The monoisotopic (exact) mass is 334 g/mol. The Bertz CT molecular complexity index is 570. The highest BCUT2D eigenvalue weighted by molar-refractivity contribution is 6.62. The topological polar surface area (TPSA) is 54.0 Å². The summed E-state index contributed by atoms with van der Waals surface area (Å²) < 4.78 is 22.7. The van der Waals surface area contributed by atoms with Crippen molar-refractivity contribution >= 4 is 18.6 Å². The highest BCUT2D eigenvalue weighted by Crippen LogP contribution is 2.36. The molecule has 0 bridgehead atoms. The van der Waals surface area contributed by atoms with Gasteiger partial charge in [0.25, 0.3) is 0 Å². The van der Waals surface area contributed by atoms with E-state index in [1.165, 1.54) is 0 Å². The molecule has 0 N–H and O–H groups in total. The van der Waals surface area contributed by atoms with Crippen LogP contribution in [0.5, 0.6) is 5.75 Å². The van der Waals surface area contributed by atoms with E-state index in [9.17, 15) is 4.79 Å². The third kappa shape index (κ3) is 4.51. The molecule has 0 aromatic heterocycles. The van der Waals surface area contributed by atoms with Crippen LogP contribution in [0.4, 0.5) is 0 Å². The Labute approximate surface area is 144 Å². The summed E-state index contributed by atoms with van der Waals surface area (Å²) in [7, 11) is -0.407. The first-order valence-corrected chi connectivity index (χ1v) is 8.20. The van der Waals surface area contributed by atoms with Crippen molar-refractivity contribution in [1.29, 1.82) is 0 Å². The molecule has 1 heterocycles. The van der Waals surface area contributed by atoms with Crippen LogP contribution in [-0.4, -0.2) is 36.5 Å². The molecule has 2 rings (SSSR count). The lowest BCUT2D eigenvalue weighted by Crippen LogP contribution is -2.41. The molecule has 0 radical (unpaired) electrons. The highest BCUT2D eigenvalue weighted by Gasteiger charge is 2.51. The van der Waals surface area contributed by atoms with Crippen molar-refractivity contribution in [1.82, 2.24) is 0 Å². The van der Waals surface area contributed by atoms with Gasteiger partial charge >= 0.3 is 13.1 Å². The van der Waals surface area contributed by atoms with Crippen LogP contribution in [0.3, 0.4) is 0 Å². The molecule has 132 valence electrons. The molecular formula is C18H27BO5. The SMILES string of the molecule is CC(C)(C)OC(=O)COc1ccc(B2OC(C)(C)C(C)(C)O2)cc1. The largest absolute Gasteiger partial charge is 0.494 e. The van der Waals surface area contributed by atoms with E-state index in [0.717, 1.165) is 5.46 Å². The van der Waals surface area contributed by atoms with E-state index >= 15 is 0 Å². The van der Waals surface area contributed by atoms with Crippen molar-refractivity contribution in [2.75, 3.05) is 6.61 Å². The smallest absolute Gasteiger partial charge is 0.482 e. The number of ether oxygens (including phenoxy) is 2. The van der Waals surface area contributed by atoms with Gasteiger partial charge in [0.2, 0.25) is 0 Å². The third-order valence-corrected chi connectivity index (χ3v) is 4.18. The van der Waals surface area contributed by atoms with E-state index in [2.05, 4.69) is 0 Å². The second-order valence-corrected chi connectivity index (χ2v) is 8.03. The van der Waals surface area contributed by atoms with Crippen LogP contribution in [0.15, 0.2) is 24.3 Å². The molecule has 5 nitrogen and oxygen atoms in total. The van der Waals surface area contributed by atoms with E-state index in [1.807, 2.05) is 60.6 Å². The van der Waals surface area contributed by atoms with Gasteiger partial charge in [-0.2, -0.15) is 0 Å². The quantitative estimate of drug-likeness (QED) is 0.626. The van der Waals surface area contributed by atoms with Crippen molar-refractivity contribution in [3.63, 3.8) is 0 Å². The van der Waals surface area contributed by atoms with Gasteiger partial charge in [0.15, 0.2) is 6.61 Å². The molecule has 6 heteroatoms. The first kappa shape index (κ1) is 18.8. The van der Waals surface area contributed by atoms with E-state index in [1.54, 1.807) is 12.1 Å². The summed E-state index contributed by atoms with van der Waals surface area (Å²) in [5.74, 6) is 0.207. The van der Waals surface area contributed by atoms with Gasteiger partial charge in [-0.05, 0) is 66.1 Å². The molecule has 0 aliphatic carbocycles. The third-order valence-electron chi connectivity index (χ3n) is 4.18. The maximum Gasteiger partial charge on any atom is 0.494 e. The van der Waals surface area contributed by atoms with Gasteiger partial charge in [-0.1, -0.05) is 12.1 Å². The molecule has 1 aromatic carbocycles. The molecule has 0 spiro atoms. The molecule has 1 aromatic rings. The van der Waals surface area contributed by atoms with Crippen molar-refractivity contribution in [3.05, 3.63) is 24.3 Å². The molecule has 1 fully saturated rings. The second kappa shape index (κ2) is 6.41. The van der Waals surface area contributed by atoms with Crippen molar-refractivity contribution in [2.24, 2.45) is 0 Å². The molecule has 0 amide bonds. The van der Waals surface area contributed by atoms with Gasteiger partial charge < -0.3 is 18.8 Å². The Kier molecular flexibility index (Phi) is 5.02. The maximum atomic E-state index is 11.7. The molecule has 0 atom stereocenters. The van der Waals surface area contributed by atoms with Gasteiger partial charge in [-0.25, -0.2) is 4.79 Å². The van der Waals surface area contributed by atoms with Gasteiger partial charge in [-0.15, -0.1) is 0 Å². The summed E-state index contributed by atoms with van der Waals surface area (Å²) in [6.07, 6.45) is 0. The number of benzene rings is 1. The Morgan fingerprint density at radius 2 is 1.54 bits per heavy atom. The van der Waals surface area contributed by atoms with E-state index in [4.69, 9.17) is 18.8 Å². The molecular weight excluding hydrogens is 307 g/mol. The number of carbonyl (C=O) groups excluding carboxylic acids is 1. The first-order chi connectivity index (χ1) is 10.9. The molecule has 0 unspecified atom stereocenters. The summed E-state index contributed by atoms with van der Waals surface area (Å²) in [6.45, 7) is 13.4. The fourth-order valence-corrected chi connectivity index (χ4v) is 2.21. The normalized spacial score (nSPS) is 19.2. The van der Waals surface area contributed by atoms with Crippen molar-refractivity contribution < 1.29 is 23.6 Å². The zero-order valence-electron chi connectivity index (χ0n) is 15.6. The molecule has 1 aliphatic heterocycles. The number of hydrogen-bond donors (Lipinski definition) is 0. The predicted molar refractivity (Wildman–Crippen MR) is 93.5 cm³/mol. The first-order valence-electron chi connectivity index (χ1n) is 8.20. The summed E-state index contributed by atoms with van der Waals surface area (Å²) in [5.41, 5.74) is -0.341. The Hall–Kier alpha value is -1.53. The molecule has 0 saturated carbocycles. The Morgan fingerprint density at radius 3 is 2.00 bits per heavy atom. The van der Waals surface area contributed by atoms with Gasteiger partial charge in [-0.3, -0.25) is 0 Å². The van der Waals surface area contributed by atoms with Gasteiger partial charge in [0.1, 0.15) is 11.4 Å². The average Bonchev–Trinajstić information content (AvgIpc) is 2.64. The maximum absolute atomic E-state index is 11.7. The zero-order valence-corrected chi connectivity index (χ0v) is 15.6. The number of carbonyl (C=O) groups is 1. The molecule has 1 aliphatic rings. The van der Waals surface area contributed by atoms with Crippen LogP contribution < -0.4 is 10.2 Å². The van der Waals surface area contributed by atoms with E-state index < -0.39 is 18.7 Å². The minimum absolute atomic E-state index is 0.118. The van der Waals surface area contributed by atoms with Crippen molar-refractivity contribution in [2.45, 2.75) is 65.3 Å². The summed E-state index contributed by atoms with van der Waals surface area (Å²) >= 11 is 0. The fraction of sp³-hybridized carbons (Fsp3) is 0.611. The summed E-state index contributed by atoms with van der Waals surface area (Å²) in [4.78, 5) is 11.7. The van der Waals surface area contributed by atoms with Crippen LogP contribution in [0.1, 0.15) is 48.5 Å². The predicted octanol–water partition coefficient (Wildman–Crippen LogP) is 2.71. The number of hydrogen-bond acceptors (Lipinski definition) is 5. The van der Waals surface area contributed by atoms with Gasteiger partial charge in [0, 0.05) is 0 Å². The summed E-state index contributed by atoms with van der Waals surface area (Å²) in [6, 6.07) is 7.36. The lowest BCUT2D eigenvalue weighted by molar-refractivity contribution is -0.157. The summed E-state index contributed by atoms with van der Waals surface area (Å²) in [5, 5.41) is 0. The minimum Gasteiger partial charge on any atom is -0.482 e. The van der Waals surface area contributed by atoms with Crippen LogP contribution in [0.2, 0.25) is 0 Å². The highest BCUT2D eigenvalue weighted by atomic mass is 16.7. The minimum atomic E-state index is -0.513. The van der Waals surface area contributed by atoms with Crippen molar-refractivity contribution in [3.8, 4) is 5.75 Å². The van der Waals surface area contributed by atoms with E-state index in [0.29, 0.717) is 5.75 Å². The van der Waals surface area contributed by atoms with E-state index in [-0.39, 0.29) is 17.8 Å². The van der Waals surface area contributed by atoms with Crippen LogP contribution in [0, 0.1) is 0 Å². The number of esters is 1. The Morgan fingerprint density at radius 1 is 1.04 bits per heavy atom. The Balaban J connectivity index is 1.94.